The molecule has 0 bridgehead atoms. The Morgan fingerprint density at radius 3 is 2.26 bits per heavy atom. The summed E-state index contributed by atoms with van der Waals surface area (Å²) in [6.07, 6.45) is 1.67. The summed E-state index contributed by atoms with van der Waals surface area (Å²) >= 11 is 19.2. The fourth-order valence-electron chi connectivity index (χ4n) is 4.94. The van der Waals surface area contributed by atoms with Gasteiger partial charge in [0.15, 0.2) is 0 Å². The molecular weight excluding hydrogens is 545 g/mol. The van der Waals surface area contributed by atoms with Crippen LogP contribution in [0.4, 0.5) is 0 Å². The van der Waals surface area contributed by atoms with Crippen LogP contribution in [0.15, 0.2) is 60.7 Å². The highest BCUT2D eigenvalue weighted by molar-refractivity contribution is 6.38. The summed E-state index contributed by atoms with van der Waals surface area (Å²) in [6, 6.07) is 18.9. The van der Waals surface area contributed by atoms with E-state index in [9.17, 15) is 9.59 Å². The fraction of sp³-hybridized carbons (Fsp3) is 0.276. The largest absolute Gasteiger partial charge is 0.481 e. The molecule has 2 atom stereocenters. The maximum Gasteiger partial charge on any atom is 0.305 e. The first kappa shape index (κ1) is 28.0. The number of benzene rings is 3. The molecule has 0 saturated heterocycles. The van der Waals surface area contributed by atoms with Crippen molar-refractivity contribution in [2.45, 2.75) is 38.0 Å². The van der Waals surface area contributed by atoms with Crippen LogP contribution in [0.2, 0.25) is 15.1 Å². The van der Waals surface area contributed by atoms with Crippen LogP contribution in [0.3, 0.4) is 0 Å². The molecule has 1 aromatic heterocycles. The van der Waals surface area contributed by atoms with E-state index in [1.807, 2.05) is 49.5 Å². The van der Waals surface area contributed by atoms with E-state index in [0.29, 0.717) is 20.6 Å². The lowest BCUT2D eigenvalue weighted by Crippen LogP contribution is -2.26. The molecule has 3 aromatic carbocycles. The van der Waals surface area contributed by atoms with Crippen LogP contribution in [0.1, 0.15) is 65.2 Å². The first-order valence-electron chi connectivity index (χ1n) is 12.4. The van der Waals surface area contributed by atoms with Crippen molar-refractivity contribution < 1.29 is 14.7 Å². The third-order valence-corrected chi connectivity index (χ3v) is 7.39. The predicted molar refractivity (Wildman–Crippen MR) is 153 cm³/mol. The molecule has 0 aliphatic rings. The molecule has 4 rings (SSSR count). The minimum absolute atomic E-state index is 0.0288. The van der Waals surface area contributed by atoms with Crippen LogP contribution < -0.4 is 5.32 Å². The number of halogens is 3. The SMILES string of the molecule is CCCC(c1ccc(C(=O)NCCC(=O)O)cc1)C(c1ccc(Cl)cc1)c1nn(C)c2c(Cl)cc(Cl)cc12. The topological polar surface area (TPSA) is 84.2 Å². The van der Waals surface area contributed by atoms with E-state index < -0.39 is 5.97 Å². The molecule has 0 fully saturated rings. The van der Waals surface area contributed by atoms with Crippen LogP contribution in [-0.2, 0) is 11.8 Å². The Balaban J connectivity index is 1.79. The van der Waals surface area contributed by atoms with Gasteiger partial charge >= 0.3 is 5.97 Å². The smallest absolute Gasteiger partial charge is 0.305 e. The van der Waals surface area contributed by atoms with Crippen LogP contribution in [0.5, 0.6) is 0 Å². The molecule has 0 radical (unpaired) electrons. The minimum atomic E-state index is -0.957. The van der Waals surface area contributed by atoms with E-state index in [2.05, 4.69) is 12.2 Å². The highest BCUT2D eigenvalue weighted by Gasteiger charge is 2.31. The summed E-state index contributed by atoms with van der Waals surface area (Å²) in [5, 5.41) is 19.0. The Hall–Kier alpha value is -3.06. The number of nitrogens with one attached hydrogen (secondary N) is 1. The minimum Gasteiger partial charge on any atom is -0.481 e. The number of fused-ring (bicyclic) bond motifs is 1. The number of amides is 1. The number of hydrogen-bond acceptors (Lipinski definition) is 3. The van der Waals surface area contributed by atoms with E-state index >= 15 is 0 Å². The van der Waals surface area contributed by atoms with E-state index in [1.54, 1.807) is 22.9 Å². The Morgan fingerprint density at radius 2 is 1.63 bits per heavy atom. The Labute approximate surface area is 236 Å². The zero-order valence-corrected chi connectivity index (χ0v) is 23.3. The average molecular weight is 573 g/mol. The number of aliphatic carboxylic acids is 1. The zero-order chi connectivity index (χ0) is 27.4. The number of carboxylic acids is 1. The monoisotopic (exact) mass is 571 g/mol. The second kappa shape index (κ2) is 12.2. The molecule has 2 unspecified atom stereocenters. The molecule has 6 nitrogen and oxygen atoms in total. The van der Waals surface area contributed by atoms with Crippen LogP contribution in [-0.4, -0.2) is 33.3 Å². The van der Waals surface area contributed by atoms with Crippen molar-refractivity contribution in [1.29, 1.82) is 0 Å². The summed E-state index contributed by atoms with van der Waals surface area (Å²) in [5.41, 5.74) is 4.26. The van der Waals surface area contributed by atoms with E-state index in [-0.39, 0.29) is 30.7 Å². The second-order valence-corrected chi connectivity index (χ2v) is 10.5. The normalized spacial score (nSPS) is 12.9. The van der Waals surface area contributed by atoms with Gasteiger partial charge in [0.2, 0.25) is 0 Å². The van der Waals surface area contributed by atoms with Crippen molar-refractivity contribution in [3.05, 3.63) is 98.1 Å². The molecule has 198 valence electrons. The highest BCUT2D eigenvalue weighted by atomic mass is 35.5. The standard InChI is InChI=1S/C29H28Cl3N3O3/c1-3-4-22(17-5-7-19(8-6-17)29(38)33-14-13-25(36)37)26(18-9-11-20(30)12-10-18)27-23-15-21(31)16-24(32)28(23)35(2)34-27/h5-12,15-16,22,26H,3-4,13-14H2,1-2H3,(H,33,38)(H,36,37). The third-order valence-electron chi connectivity index (χ3n) is 6.64. The van der Waals surface area contributed by atoms with Crippen LogP contribution in [0, 0.1) is 0 Å². The number of rotatable bonds is 10. The number of aromatic nitrogens is 2. The number of carboxylic acid groups (broad SMARTS) is 1. The lowest BCUT2D eigenvalue weighted by atomic mass is 9.76. The van der Waals surface area contributed by atoms with Gasteiger partial charge in [-0.25, -0.2) is 0 Å². The number of hydrogen-bond donors (Lipinski definition) is 2. The molecular formula is C29H28Cl3N3O3. The average Bonchev–Trinajstić information content (AvgIpc) is 3.20. The molecule has 1 amide bonds. The lowest BCUT2D eigenvalue weighted by molar-refractivity contribution is -0.136. The summed E-state index contributed by atoms with van der Waals surface area (Å²) in [6.45, 7) is 2.21. The van der Waals surface area contributed by atoms with Gasteiger partial charge in [0, 0.05) is 40.5 Å². The van der Waals surface area contributed by atoms with E-state index in [0.717, 1.165) is 40.6 Å². The van der Waals surface area contributed by atoms with Gasteiger partial charge in [0.05, 0.1) is 22.7 Å². The highest BCUT2D eigenvalue weighted by Crippen LogP contribution is 2.44. The number of carbonyl (C=O) groups is 2. The Kier molecular flexibility index (Phi) is 8.98. The maximum absolute atomic E-state index is 12.5. The quantitative estimate of drug-likeness (QED) is 0.207. The van der Waals surface area contributed by atoms with Gasteiger partial charge < -0.3 is 10.4 Å². The third kappa shape index (κ3) is 6.15. The van der Waals surface area contributed by atoms with Crippen LogP contribution in [0.25, 0.3) is 10.9 Å². The molecule has 0 saturated carbocycles. The molecule has 0 aliphatic heterocycles. The van der Waals surface area contributed by atoms with Gasteiger partial charge in [-0.15, -0.1) is 0 Å². The maximum atomic E-state index is 12.5. The van der Waals surface area contributed by atoms with Crippen molar-refractivity contribution in [3.8, 4) is 0 Å². The number of nitrogens with zero attached hydrogens (tertiary/aromatic N) is 2. The van der Waals surface area contributed by atoms with Crippen molar-refractivity contribution in [3.63, 3.8) is 0 Å². The zero-order valence-electron chi connectivity index (χ0n) is 21.0. The van der Waals surface area contributed by atoms with E-state index in [4.69, 9.17) is 45.0 Å². The van der Waals surface area contributed by atoms with Gasteiger partial charge in [0.25, 0.3) is 5.91 Å². The summed E-state index contributed by atoms with van der Waals surface area (Å²) in [4.78, 5) is 23.3. The Morgan fingerprint density at radius 1 is 0.974 bits per heavy atom. The summed E-state index contributed by atoms with van der Waals surface area (Å²) in [5.74, 6) is -1.37. The molecule has 9 heteroatoms. The first-order chi connectivity index (χ1) is 18.2. The van der Waals surface area contributed by atoms with Crippen molar-refractivity contribution >= 4 is 57.6 Å². The van der Waals surface area contributed by atoms with Crippen molar-refractivity contribution in [2.24, 2.45) is 7.05 Å². The molecule has 1 heterocycles. The summed E-state index contributed by atoms with van der Waals surface area (Å²) < 4.78 is 1.79. The van der Waals surface area contributed by atoms with Crippen molar-refractivity contribution in [2.75, 3.05) is 6.54 Å². The van der Waals surface area contributed by atoms with Crippen LogP contribution >= 0.6 is 34.8 Å². The number of carbonyl (C=O) groups excluding carboxylic acids is 1. The predicted octanol–water partition coefficient (Wildman–Crippen LogP) is 7.45. The van der Waals surface area contributed by atoms with Crippen molar-refractivity contribution in [1.82, 2.24) is 15.1 Å². The lowest BCUT2D eigenvalue weighted by Gasteiger charge is -2.27. The number of aryl methyl sites for hydroxylation is 1. The first-order valence-corrected chi connectivity index (χ1v) is 13.5. The second-order valence-electron chi connectivity index (χ2n) is 9.24. The summed E-state index contributed by atoms with van der Waals surface area (Å²) in [7, 11) is 1.87. The van der Waals surface area contributed by atoms with Gasteiger partial charge in [-0.05, 0) is 59.9 Å². The fourth-order valence-corrected chi connectivity index (χ4v) is 5.68. The van der Waals surface area contributed by atoms with Gasteiger partial charge in [-0.1, -0.05) is 72.4 Å². The van der Waals surface area contributed by atoms with Gasteiger partial charge in [-0.2, -0.15) is 5.10 Å². The van der Waals surface area contributed by atoms with Gasteiger partial charge in [0.1, 0.15) is 0 Å². The molecule has 38 heavy (non-hydrogen) atoms. The Bertz CT molecular complexity index is 1450. The molecule has 0 spiro atoms. The van der Waals surface area contributed by atoms with E-state index in [1.165, 1.54) is 0 Å². The molecule has 4 aromatic rings. The molecule has 2 N–H and O–H groups in total. The molecule has 0 aliphatic carbocycles. The van der Waals surface area contributed by atoms with Gasteiger partial charge in [-0.3, -0.25) is 14.3 Å².